The Labute approximate surface area is 141 Å². The van der Waals surface area contributed by atoms with E-state index in [2.05, 4.69) is 25.3 Å². The van der Waals surface area contributed by atoms with Crippen LogP contribution in [0.15, 0.2) is 54.0 Å². The summed E-state index contributed by atoms with van der Waals surface area (Å²) >= 11 is 0. The summed E-state index contributed by atoms with van der Waals surface area (Å²) < 4.78 is 0. The number of benzene rings is 1. The smallest absolute Gasteiger partial charge is 0.342 e. The number of nitrogens with one attached hydrogen (secondary N) is 3. The molecule has 0 atom stereocenters. The van der Waals surface area contributed by atoms with Crippen molar-refractivity contribution in [3.05, 3.63) is 65.1 Å². The van der Waals surface area contributed by atoms with Gasteiger partial charge in [-0.15, -0.1) is 0 Å². The molecule has 0 saturated heterocycles. The van der Waals surface area contributed by atoms with Crippen molar-refractivity contribution in [1.29, 1.82) is 0 Å². The molecule has 2 aromatic heterocycles. The van der Waals surface area contributed by atoms with Crippen molar-refractivity contribution in [2.75, 3.05) is 5.32 Å². The van der Waals surface area contributed by atoms with Gasteiger partial charge in [0.1, 0.15) is 11.4 Å². The summed E-state index contributed by atoms with van der Waals surface area (Å²) in [7, 11) is 0. The van der Waals surface area contributed by atoms with Gasteiger partial charge in [0, 0.05) is 36.8 Å². The third-order valence-electron chi connectivity index (χ3n) is 2.91. The topological polar surface area (TPSA) is 141 Å². The third kappa shape index (κ3) is 5.13. The second kappa shape index (κ2) is 8.20. The number of hydrogen-bond donors (Lipinski definition) is 4. The Hall–Kier alpha value is -3.75. The summed E-state index contributed by atoms with van der Waals surface area (Å²) in [5, 5.41) is 11.4. The maximum Gasteiger partial charge on any atom is 0.342 e. The molecule has 3 rings (SSSR count). The molecule has 0 fully saturated rings. The van der Waals surface area contributed by atoms with Gasteiger partial charge in [0.2, 0.25) is 5.91 Å². The van der Waals surface area contributed by atoms with Crippen LogP contribution in [0.5, 0.6) is 0 Å². The maximum absolute atomic E-state index is 11.5. The largest absolute Gasteiger partial charge is 0.477 e. The van der Waals surface area contributed by atoms with E-state index < -0.39 is 17.1 Å². The van der Waals surface area contributed by atoms with Crippen molar-refractivity contribution >= 4 is 17.6 Å². The monoisotopic (exact) mass is 341 g/mol. The zero-order chi connectivity index (χ0) is 18.2. The van der Waals surface area contributed by atoms with Crippen molar-refractivity contribution in [2.24, 2.45) is 0 Å². The molecule has 1 amide bonds. The number of imidazole rings is 1. The van der Waals surface area contributed by atoms with Crippen molar-refractivity contribution in [3.8, 4) is 11.4 Å². The van der Waals surface area contributed by atoms with E-state index in [4.69, 9.17) is 5.11 Å². The molecule has 128 valence electrons. The highest BCUT2D eigenvalue weighted by Crippen LogP contribution is 2.16. The Morgan fingerprint density at radius 3 is 2.36 bits per heavy atom. The van der Waals surface area contributed by atoms with Gasteiger partial charge >= 0.3 is 5.97 Å². The standard InChI is InChI=1S/C13H11N3O4.C3H4N2/c1-7(17)15-9-4-2-8(3-5-9)11-14-6-10(13(19)20)12(18)16-11;1-2-5-3-4-1/h2-6H,1H3,(H,15,17)(H,19,20)(H,14,16,18);1-3H,(H,4,5). The number of aromatic carboxylic acids is 1. The van der Waals surface area contributed by atoms with Crippen molar-refractivity contribution in [3.63, 3.8) is 0 Å². The van der Waals surface area contributed by atoms with Crippen LogP contribution in [-0.4, -0.2) is 36.9 Å². The summed E-state index contributed by atoms with van der Waals surface area (Å²) in [6, 6.07) is 6.62. The van der Waals surface area contributed by atoms with Gasteiger partial charge in [-0.1, -0.05) is 0 Å². The number of aromatic amines is 2. The lowest BCUT2D eigenvalue weighted by molar-refractivity contribution is -0.114. The third-order valence-corrected chi connectivity index (χ3v) is 2.91. The van der Waals surface area contributed by atoms with Gasteiger partial charge < -0.3 is 20.4 Å². The van der Waals surface area contributed by atoms with Crippen molar-refractivity contribution in [2.45, 2.75) is 6.92 Å². The fraction of sp³-hybridized carbons (Fsp3) is 0.0625. The van der Waals surface area contributed by atoms with Crippen LogP contribution < -0.4 is 10.9 Å². The Balaban J connectivity index is 0.000000386. The lowest BCUT2D eigenvalue weighted by Crippen LogP contribution is -2.18. The fourth-order valence-electron chi connectivity index (χ4n) is 1.82. The number of hydrogen-bond acceptors (Lipinski definition) is 5. The Morgan fingerprint density at radius 2 is 1.92 bits per heavy atom. The molecule has 0 unspecified atom stereocenters. The summed E-state index contributed by atoms with van der Waals surface area (Å²) in [4.78, 5) is 45.9. The van der Waals surface area contributed by atoms with Gasteiger partial charge in [-0.25, -0.2) is 14.8 Å². The van der Waals surface area contributed by atoms with Crippen LogP contribution in [0.1, 0.15) is 17.3 Å². The number of aromatic nitrogens is 4. The number of H-pyrrole nitrogens is 2. The van der Waals surface area contributed by atoms with Crippen LogP contribution in [0.3, 0.4) is 0 Å². The minimum atomic E-state index is -1.33. The average molecular weight is 341 g/mol. The molecule has 0 bridgehead atoms. The minimum absolute atomic E-state index is 0.185. The molecule has 0 aliphatic rings. The summed E-state index contributed by atoms with van der Waals surface area (Å²) in [5.74, 6) is -1.25. The predicted molar refractivity (Wildman–Crippen MR) is 90.1 cm³/mol. The molecule has 0 aliphatic carbocycles. The fourth-order valence-corrected chi connectivity index (χ4v) is 1.82. The normalized spacial score (nSPS) is 9.64. The molecule has 0 spiro atoms. The van der Waals surface area contributed by atoms with Crippen LogP contribution in [0, 0.1) is 0 Å². The van der Waals surface area contributed by atoms with E-state index >= 15 is 0 Å². The zero-order valence-corrected chi connectivity index (χ0v) is 13.2. The number of rotatable bonds is 3. The van der Waals surface area contributed by atoms with Gasteiger partial charge in [-0.2, -0.15) is 0 Å². The molecular formula is C16H15N5O4. The van der Waals surface area contributed by atoms with E-state index in [0.29, 0.717) is 11.3 Å². The van der Waals surface area contributed by atoms with Gasteiger partial charge in [0.05, 0.1) is 6.33 Å². The predicted octanol–water partition coefficient (Wildman–Crippen LogP) is 1.50. The van der Waals surface area contributed by atoms with E-state index in [1.54, 1.807) is 43.0 Å². The number of carboxylic acid groups (broad SMARTS) is 1. The minimum Gasteiger partial charge on any atom is -0.477 e. The number of amides is 1. The van der Waals surface area contributed by atoms with E-state index in [0.717, 1.165) is 6.20 Å². The number of anilines is 1. The molecular weight excluding hydrogens is 326 g/mol. The highest BCUT2D eigenvalue weighted by Gasteiger charge is 2.10. The molecule has 9 heteroatoms. The number of carbonyl (C=O) groups excluding carboxylic acids is 1. The first-order chi connectivity index (χ1) is 12.0. The summed E-state index contributed by atoms with van der Waals surface area (Å²) in [6.07, 6.45) is 6.10. The van der Waals surface area contributed by atoms with Gasteiger partial charge in [-0.05, 0) is 24.3 Å². The van der Waals surface area contributed by atoms with Gasteiger partial charge in [0.15, 0.2) is 0 Å². The number of nitrogens with zero attached hydrogens (tertiary/aromatic N) is 2. The molecule has 0 aliphatic heterocycles. The summed E-state index contributed by atoms with van der Waals surface area (Å²) in [6.45, 7) is 1.40. The van der Waals surface area contributed by atoms with E-state index in [1.807, 2.05) is 0 Å². The van der Waals surface area contributed by atoms with Crippen molar-refractivity contribution < 1.29 is 14.7 Å². The first-order valence-electron chi connectivity index (χ1n) is 7.10. The van der Waals surface area contributed by atoms with Gasteiger partial charge in [-0.3, -0.25) is 9.59 Å². The molecule has 0 radical (unpaired) electrons. The molecule has 25 heavy (non-hydrogen) atoms. The molecule has 1 aromatic carbocycles. The van der Waals surface area contributed by atoms with Crippen molar-refractivity contribution in [1.82, 2.24) is 19.9 Å². The van der Waals surface area contributed by atoms with E-state index in [1.165, 1.54) is 6.92 Å². The SMILES string of the molecule is CC(=O)Nc1ccc(-c2ncc(C(=O)O)c(=O)[nH]2)cc1.c1c[nH]cn1. The quantitative estimate of drug-likeness (QED) is 0.569. The molecule has 0 saturated carbocycles. The van der Waals surface area contributed by atoms with Crippen LogP contribution >= 0.6 is 0 Å². The maximum atomic E-state index is 11.5. The van der Waals surface area contributed by atoms with Gasteiger partial charge in [0.25, 0.3) is 5.56 Å². The molecule has 2 heterocycles. The molecule has 3 aromatic rings. The number of carboxylic acids is 1. The number of carbonyl (C=O) groups is 2. The van der Waals surface area contributed by atoms with Crippen LogP contribution in [0.4, 0.5) is 5.69 Å². The first-order valence-corrected chi connectivity index (χ1v) is 7.10. The lowest BCUT2D eigenvalue weighted by atomic mass is 10.2. The first kappa shape index (κ1) is 17.6. The van der Waals surface area contributed by atoms with Crippen LogP contribution in [-0.2, 0) is 4.79 Å². The summed E-state index contributed by atoms with van der Waals surface area (Å²) in [5.41, 5.74) is 0.0935. The highest BCUT2D eigenvalue weighted by molar-refractivity contribution is 5.89. The van der Waals surface area contributed by atoms with E-state index in [-0.39, 0.29) is 11.7 Å². The Morgan fingerprint density at radius 1 is 1.20 bits per heavy atom. The zero-order valence-electron chi connectivity index (χ0n) is 13.2. The average Bonchev–Trinajstić information content (AvgIpc) is 3.14. The van der Waals surface area contributed by atoms with Crippen LogP contribution in [0.2, 0.25) is 0 Å². The van der Waals surface area contributed by atoms with E-state index in [9.17, 15) is 14.4 Å². The Bertz CT molecular complexity index is 884. The second-order valence-electron chi connectivity index (χ2n) is 4.80. The van der Waals surface area contributed by atoms with Crippen LogP contribution in [0.25, 0.3) is 11.4 Å². The highest BCUT2D eigenvalue weighted by atomic mass is 16.4. The lowest BCUT2D eigenvalue weighted by Gasteiger charge is -2.04. The second-order valence-corrected chi connectivity index (χ2v) is 4.80. The Kier molecular flexibility index (Phi) is 5.77. The molecule has 9 nitrogen and oxygen atoms in total. The molecule has 4 N–H and O–H groups in total.